The van der Waals surface area contributed by atoms with Crippen LogP contribution in [0.25, 0.3) is 5.57 Å². The van der Waals surface area contributed by atoms with Gasteiger partial charge in [0.2, 0.25) is 0 Å². The van der Waals surface area contributed by atoms with Crippen LogP contribution in [0.4, 0.5) is 4.39 Å². The molecule has 0 saturated heterocycles. The van der Waals surface area contributed by atoms with E-state index in [0.717, 1.165) is 47.6 Å². The van der Waals surface area contributed by atoms with Crippen molar-refractivity contribution in [1.29, 1.82) is 0 Å². The molecule has 1 N–H and O–H groups in total. The van der Waals surface area contributed by atoms with Gasteiger partial charge in [-0.2, -0.15) is 5.10 Å². The van der Waals surface area contributed by atoms with E-state index in [1.807, 2.05) is 26.1 Å². The first-order valence-corrected chi connectivity index (χ1v) is 13.2. The number of nitrogens with one attached hydrogen (secondary N) is 1. The molecule has 0 atom stereocenters. The van der Waals surface area contributed by atoms with Crippen LogP contribution in [0.15, 0.2) is 42.6 Å². The second-order valence-corrected chi connectivity index (χ2v) is 9.86. The molecule has 0 aliphatic heterocycles. The number of carbonyl (C=O) groups excluding carboxylic acids is 1. The SMILES string of the molecule is C=C/C=C(\C=C(\CC)CCC)c1ncc(C2(NC(=O)c3cc(C4(F)CC4)nn3C)CC2)s1.CC. The molecule has 2 aromatic rings. The van der Waals surface area contributed by atoms with Crippen LogP contribution in [-0.4, -0.2) is 20.7 Å². The first-order valence-electron chi connectivity index (χ1n) is 12.4. The highest BCUT2D eigenvalue weighted by molar-refractivity contribution is 7.13. The molecular formula is C27H37FN4OS. The van der Waals surface area contributed by atoms with E-state index >= 15 is 0 Å². The van der Waals surface area contributed by atoms with Crippen LogP contribution in [0.3, 0.4) is 0 Å². The minimum atomic E-state index is -1.35. The number of allylic oxidation sites excluding steroid dienone is 5. The van der Waals surface area contributed by atoms with Gasteiger partial charge in [-0.25, -0.2) is 9.37 Å². The van der Waals surface area contributed by atoms with Crippen LogP contribution in [0.5, 0.6) is 0 Å². The summed E-state index contributed by atoms with van der Waals surface area (Å²) in [4.78, 5) is 18.7. The Kier molecular flexibility index (Phi) is 8.29. The van der Waals surface area contributed by atoms with E-state index in [4.69, 9.17) is 0 Å². The first kappa shape index (κ1) is 26.1. The van der Waals surface area contributed by atoms with E-state index in [1.165, 1.54) is 10.3 Å². The van der Waals surface area contributed by atoms with Crippen molar-refractivity contribution < 1.29 is 9.18 Å². The van der Waals surface area contributed by atoms with Gasteiger partial charge in [-0.3, -0.25) is 9.48 Å². The summed E-state index contributed by atoms with van der Waals surface area (Å²) in [5, 5.41) is 8.34. The lowest BCUT2D eigenvalue weighted by Gasteiger charge is -2.15. The lowest BCUT2D eigenvalue weighted by molar-refractivity contribution is 0.0922. The van der Waals surface area contributed by atoms with E-state index in [-0.39, 0.29) is 5.91 Å². The molecule has 2 aliphatic carbocycles. The summed E-state index contributed by atoms with van der Waals surface area (Å²) in [6.07, 6.45) is 13.7. The largest absolute Gasteiger partial charge is 0.340 e. The van der Waals surface area contributed by atoms with Gasteiger partial charge < -0.3 is 5.32 Å². The highest BCUT2D eigenvalue weighted by Gasteiger charge is 2.49. The Labute approximate surface area is 206 Å². The average Bonchev–Trinajstić information content (AvgIpc) is 3.67. The average molecular weight is 485 g/mol. The standard InChI is InChI=1S/C25H31FN4OS.C2H6/c1-5-8-17(7-3)14-18(9-6-2)23-27-16-21(32-23)25(12-13-25)28-22(31)19-15-20(29-30(19)4)24(26)10-11-24;1-2/h6,9,14-16H,2,5,7-8,10-13H2,1,3-4H3,(H,28,31);1-2H3/b17-14-,18-9+;. The van der Waals surface area contributed by atoms with Crippen LogP contribution in [0, 0.1) is 0 Å². The van der Waals surface area contributed by atoms with E-state index in [1.54, 1.807) is 30.5 Å². The lowest BCUT2D eigenvalue weighted by Crippen LogP contribution is -2.35. The maximum Gasteiger partial charge on any atom is 0.270 e. The van der Waals surface area contributed by atoms with Crippen molar-refractivity contribution in [3.05, 3.63) is 63.9 Å². The Morgan fingerprint density at radius 3 is 2.56 bits per heavy atom. The molecule has 2 heterocycles. The summed E-state index contributed by atoms with van der Waals surface area (Å²) >= 11 is 1.61. The fourth-order valence-electron chi connectivity index (χ4n) is 3.93. The Morgan fingerprint density at radius 2 is 2.00 bits per heavy atom. The van der Waals surface area contributed by atoms with Crippen molar-refractivity contribution in [2.24, 2.45) is 7.05 Å². The van der Waals surface area contributed by atoms with Crippen molar-refractivity contribution in [3.8, 4) is 0 Å². The van der Waals surface area contributed by atoms with Gasteiger partial charge in [0, 0.05) is 18.8 Å². The third kappa shape index (κ3) is 5.57. The Balaban J connectivity index is 0.00000158. The summed E-state index contributed by atoms with van der Waals surface area (Å²) < 4.78 is 15.9. The van der Waals surface area contributed by atoms with Gasteiger partial charge in [-0.1, -0.05) is 64.5 Å². The molecule has 1 amide bonds. The second-order valence-electron chi connectivity index (χ2n) is 8.83. The normalized spacial score (nSPS) is 18.1. The zero-order valence-corrected chi connectivity index (χ0v) is 21.9. The van der Waals surface area contributed by atoms with Gasteiger partial charge in [0.15, 0.2) is 5.67 Å². The maximum atomic E-state index is 14.4. The molecule has 0 unspecified atom stereocenters. The molecule has 2 fully saturated rings. The van der Waals surface area contributed by atoms with Crippen molar-refractivity contribution in [1.82, 2.24) is 20.1 Å². The number of amides is 1. The van der Waals surface area contributed by atoms with Crippen molar-refractivity contribution in [2.75, 3.05) is 0 Å². The quantitative estimate of drug-likeness (QED) is 0.370. The summed E-state index contributed by atoms with van der Waals surface area (Å²) in [5.41, 5.74) is 1.45. The number of halogens is 1. The molecule has 7 heteroatoms. The lowest BCUT2D eigenvalue weighted by atomic mass is 10.0. The molecule has 2 aromatic heterocycles. The van der Waals surface area contributed by atoms with Gasteiger partial charge in [0.05, 0.1) is 10.4 Å². The number of thiazole rings is 1. The molecule has 0 radical (unpaired) electrons. The fraction of sp³-hybridized carbons (Fsp3) is 0.519. The summed E-state index contributed by atoms with van der Waals surface area (Å²) in [6.45, 7) is 12.2. The second kappa shape index (κ2) is 10.8. The predicted molar refractivity (Wildman–Crippen MR) is 139 cm³/mol. The molecule has 34 heavy (non-hydrogen) atoms. The van der Waals surface area contributed by atoms with Gasteiger partial charge >= 0.3 is 0 Å². The number of carbonyl (C=O) groups is 1. The molecule has 5 nitrogen and oxygen atoms in total. The summed E-state index contributed by atoms with van der Waals surface area (Å²) in [6, 6.07) is 1.59. The molecule has 2 aliphatic rings. The maximum absolute atomic E-state index is 14.4. The van der Waals surface area contributed by atoms with Crippen molar-refractivity contribution in [3.63, 3.8) is 0 Å². The van der Waals surface area contributed by atoms with E-state index in [0.29, 0.717) is 24.2 Å². The molecule has 0 aromatic carbocycles. The summed E-state index contributed by atoms with van der Waals surface area (Å²) in [7, 11) is 1.69. The van der Waals surface area contributed by atoms with E-state index < -0.39 is 11.2 Å². The molecule has 0 spiro atoms. The number of hydrogen-bond donors (Lipinski definition) is 1. The molecular weight excluding hydrogens is 447 g/mol. The third-order valence-corrected chi connectivity index (χ3v) is 7.52. The van der Waals surface area contributed by atoms with Crippen LogP contribution >= 0.6 is 11.3 Å². The molecule has 2 saturated carbocycles. The topological polar surface area (TPSA) is 59.8 Å². The first-order chi connectivity index (χ1) is 16.3. The number of hydrogen-bond acceptors (Lipinski definition) is 4. The van der Waals surface area contributed by atoms with E-state index in [9.17, 15) is 9.18 Å². The predicted octanol–water partition coefficient (Wildman–Crippen LogP) is 6.99. The van der Waals surface area contributed by atoms with Crippen molar-refractivity contribution >= 4 is 22.8 Å². The third-order valence-electron chi connectivity index (χ3n) is 6.27. The minimum Gasteiger partial charge on any atom is -0.340 e. The van der Waals surface area contributed by atoms with Crippen LogP contribution in [0.2, 0.25) is 0 Å². The fourth-order valence-corrected chi connectivity index (χ4v) is 5.05. The van der Waals surface area contributed by atoms with Gasteiger partial charge in [0.25, 0.3) is 5.91 Å². The van der Waals surface area contributed by atoms with Gasteiger partial charge in [-0.15, -0.1) is 11.3 Å². The van der Waals surface area contributed by atoms with E-state index in [2.05, 4.69) is 41.9 Å². The highest BCUT2D eigenvalue weighted by atomic mass is 32.1. The zero-order valence-electron chi connectivity index (χ0n) is 21.1. The van der Waals surface area contributed by atoms with Gasteiger partial charge in [0.1, 0.15) is 16.4 Å². The van der Waals surface area contributed by atoms with Crippen LogP contribution < -0.4 is 5.32 Å². The number of aromatic nitrogens is 3. The molecule has 184 valence electrons. The molecule has 4 rings (SSSR count). The number of rotatable bonds is 10. The number of alkyl halides is 1. The van der Waals surface area contributed by atoms with Crippen LogP contribution in [-0.2, 0) is 18.3 Å². The Hall–Kier alpha value is -2.54. The Bertz CT molecular complexity index is 1090. The minimum absolute atomic E-state index is 0.221. The summed E-state index contributed by atoms with van der Waals surface area (Å²) in [5.74, 6) is -0.221. The number of nitrogens with zero attached hydrogens (tertiary/aromatic N) is 3. The zero-order chi connectivity index (χ0) is 24.9. The smallest absolute Gasteiger partial charge is 0.270 e. The van der Waals surface area contributed by atoms with Crippen LogP contribution in [0.1, 0.15) is 98.7 Å². The highest BCUT2D eigenvalue weighted by Crippen LogP contribution is 2.50. The Morgan fingerprint density at radius 1 is 1.29 bits per heavy atom. The monoisotopic (exact) mass is 484 g/mol. The number of aryl methyl sites for hydroxylation is 1. The molecule has 0 bridgehead atoms. The van der Waals surface area contributed by atoms with Gasteiger partial charge in [-0.05, 0) is 44.6 Å². The van der Waals surface area contributed by atoms with Crippen molar-refractivity contribution in [2.45, 2.75) is 83.8 Å².